The zero-order valence-electron chi connectivity index (χ0n) is 14.8. The predicted molar refractivity (Wildman–Crippen MR) is 104 cm³/mol. The van der Waals surface area contributed by atoms with Gasteiger partial charge >= 0.3 is 0 Å². The van der Waals surface area contributed by atoms with Crippen molar-refractivity contribution >= 4 is 26.0 Å². The Hall–Kier alpha value is -1.57. The van der Waals surface area contributed by atoms with Crippen LogP contribution in [0.4, 0.5) is 0 Å². The number of rotatable bonds is 6. The molecule has 0 spiro atoms. The molecule has 2 aromatic rings. The van der Waals surface area contributed by atoms with Gasteiger partial charge in [0.15, 0.2) is 0 Å². The van der Waals surface area contributed by atoms with E-state index in [1.54, 1.807) is 29.6 Å². The summed E-state index contributed by atoms with van der Waals surface area (Å²) in [6.45, 7) is 2.74. The first-order chi connectivity index (χ1) is 12.5. The molecule has 1 aliphatic rings. The van der Waals surface area contributed by atoms with Crippen LogP contribution in [0, 0.1) is 0 Å². The molecular weight excluding hydrogens is 418 g/mol. The molecule has 3 rings (SSSR count). The molecule has 1 heterocycles. The Labute approximate surface area is 163 Å². The first-order valence-corrected chi connectivity index (χ1v) is 10.8. The summed E-state index contributed by atoms with van der Waals surface area (Å²) in [5.74, 6) is 1.11. The minimum absolute atomic E-state index is 0.198. The monoisotopic (exact) mass is 439 g/mol. The molecule has 0 bridgehead atoms. The summed E-state index contributed by atoms with van der Waals surface area (Å²) in [6, 6.07) is 12.5. The molecule has 7 heteroatoms. The maximum atomic E-state index is 13.4. The standard InChI is InChI=1S/C19H22BrNO4S/c1-3-25-18-10-9-15(20)13-19(18)26(22,23)21-11-5-8-17(21)14-6-4-7-16(12-14)24-2/h4,6-7,9-10,12-13,17H,3,5,8,11H2,1-2H3. The molecule has 0 saturated carbocycles. The molecule has 0 aromatic heterocycles. The lowest BCUT2D eigenvalue weighted by atomic mass is 10.1. The van der Waals surface area contributed by atoms with Crippen molar-refractivity contribution in [2.75, 3.05) is 20.3 Å². The van der Waals surface area contributed by atoms with Gasteiger partial charge in [0.25, 0.3) is 0 Å². The first-order valence-electron chi connectivity index (χ1n) is 8.55. The van der Waals surface area contributed by atoms with Crippen LogP contribution in [-0.4, -0.2) is 33.0 Å². The average Bonchev–Trinajstić information content (AvgIpc) is 3.14. The van der Waals surface area contributed by atoms with Crippen molar-refractivity contribution in [3.8, 4) is 11.5 Å². The van der Waals surface area contributed by atoms with Crippen molar-refractivity contribution in [3.05, 3.63) is 52.5 Å². The van der Waals surface area contributed by atoms with Gasteiger partial charge in [-0.05, 0) is 55.7 Å². The third-order valence-corrected chi connectivity index (χ3v) is 6.90. The number of methoxy groups -OCH3 is 1. The topological polar surface area (TPSA) is 55.8 Å². The van der Waals surface area contributed by atoms with E-state index in [0.29, 0.717) is 23.4 Å². The maximum Gasteiger partial charge on any atom is 0.247 e. The summed E-state index contributed by atoms with van der Waals surface area (Å²) in [5, 5.41) is 0. The van der Waals surface area contributed by atoms with Gasteiger partial charge in [0.05, 0.1) is 19.8 Å². The number of nitrogens with zero attached hydrogens (tertiary/aromatic N) is 1. The van der Waals surface area contributed by atoms with Crippen LogP contribution in [-0.2, 0) is 10.0 Å². The number of hydrogen-bond donors (Lipinski definition) is 0. The first kappa shape index (κ1) is 19.2. The van der Waals surface area contributed by atoms with Crippen LogP contribution < -0.4 is 9.47 Å². The van der Waals surface area contributed by atoms with Crippen molar-refractivity contribution in [3.63, 3.8) is 0 Å². The van der Waals surface area contributed by atoms with Gasteiger partial charge in [0.2, 0.25) is 10.0 Å². The van der Waals surface area contributed by atoms with Crippen LogP contribution in [0.1, 0.15) is 31.4 Å². The number of halogens is 1. The fraction of sp³-hybridized carbons (Fsp3) is 0.368. The molecule has 0 aliphatic carbocycles. The average molecular weight is 440 g/mol. The largest absolute Gasteiger partial charge is 0.497 e. The number of benzene rings is 2. The third-order valence-electron chi connectivity index (χ3n) is 4.47. The summed E-state index contributed by atoms with van der Waals surface area (Å²) >= 11 is 3.37. The number of sulfonamides is 1. The molecule has 0 amide bonds. The molecule has 1 fully saturated rings. The van der Waals surface area contributed by atoms with Gasteiger partial charge in [-0.15, -0.1) is 0 Å². The van der Waals surface area contributed by atoms with E-state index in [-0.39, 0.29) is 10.9 Å². The Bertz CT molecular complexity index is 885. The lowest BCUT2D eigenvalue weighted by Gasteiger charge is -2.25. The van der Waals surface area contributed by atoms with Gasteiger partial charge in [-0.1, -0.05) is 28.1 Å². The minimum atomic E-state index is -3.69. The fourth-order valence-electron chi connectivity index (χ4n) is 3.29. The molecule has 1 unspecified atom stereocenters. The van der Waals surface area contributed by atoms with E-state index in [1.165, 1.54) is 0 Å². The SMILES string of the molecule is CCOc1ccc(Br)cc1S(=O)(=O)N1CCCC1c1cccc(OC)c1. The third kappa shape index (κ3) is 3.75. The van der Waals surface area contributed by atoms with Crippen molar-refractivity contribution in [2.45, 2.75) is 30.7 Å². The molecule has 5 nitrogen and oxygen atoms in total. The Morgan fingerprint density at radius 3 is 2.77 bits per heavy atom. The van der Waals surface area contributed by atoms with Crippen molar-refractivity contribution in [1.29, 1.82) is 0 Å². The molecule has 0 radical (unpaired) electrons. The molecular formula is C19H22BrNO4S. The van der Waals surface area contributed by atoms with Crippen LogP contribution >= 0.6 is 15.9 Å². The Kier molecular flexibility index (Phi) is 5.89. The van der Waals surface area contributed by atoms with E-state index in [2.05, 4.69) is 15.9 Å². The minimum Gasteiger partial charge on any atom is -0.497 e. The van der Waals surface area contributed by atoms with Gasteiger partial charge in [-0.2, -0.15) is 4.31 Å². The number of ether oxygens (including phenoxy) is 2. The van der Waals surface area contributed by atoms with Crippen molar-refractivity contribution in [1.82, 2.24) is 4.31 Å². The second kappa shape index (κ2) is 7.98. The van der Waals surface area contributed by atoms with E-state index < -0.39 is 10.0 Å². The molecule has 2 aromatic carbocycles. The zero-order valence-corrected chi connectivity index (χ0v) is 17.2. The smallest absolute Gasteiger partial charge is 0.247 e. The molecule has 140 valence electrons. The zero-order chi connectivity index (χ0) is 18.7. The van der Waals surface area contributed by atoms with Crippen LogP contribution in [0.2, 0.25) is 0 Å². The fourth-order valence-corrected chi connectivity index (χ4v) is 5.65. The highest BCUT2D eigenvalue weighted by molar-refractivity contribution is 9.10. The van der Waals surface area contributed by atoms with E-state index in [4.69, 9.17) is 9.47 Å². The normalized spacial score (nSPS) is 18.0. The molecule has 26 heavy (non-hydrogen) atoms. The van der Waals surface area contributed by atoms with Gasteiger partial charge in [0.1, 0.15) is 16.4 Å². The second-order valence-electron chi connectivity index (χ2n) is 6.07. The lowest BCUT2D eigenvalue weighted by molar-refractivity contribution is 0.327. The van der Waals surface area contributed by atoms with Gasteiger partial charge in [0, 0.05) is 11.0 Å². The highest BCUT2D eigenvalue weighted by Gasteiger charge is 2.38. The van der Waals surface area contributed by atoms with Gasteiger partial charge < -0.3 is 9.47 Å². The van der Waals surface area contributed by atoms with Crippen LogP contribution in [0.3, 0.4) is 0 Å². The van der Waals surface area contributed by atoms with Crippen molar-refractivity contribution in [2.24, 2.45) is 0 Å². The Morgan fingerprint density at radius 1 is 1.23 bits per heavy atom. The summed E-state index contributed by atoms with van der Waals surface area (Å²) in [6.07, 6.45) is 1.60. The van der Waals surface area contributed by atoms with E-state index in [1.807, 2.05) is 31.2 Å². The van der Waals surface area contributed by atoms with Crippen LogP contribution in [0.25, 0.3) is 0 Å². The molecule has 1 atom stereocenters. The maximum absolute atomic E-state index is 13.4. The Balaban J connectivity index is 2.02. The van der Waals surface area contributed by atoms with Gasteiger partial charge in [-0.3, -0.25) is 0 Å². The van der Waals surface area contributed by atoms with E-state index in [9.17, 15) is 8.42 Å². The summed E-state index contributed by atoms with van der Waals surface area (Å²) in [7, 11) is -2.08. The second-order valence-corrected chi connectivity index (χ2v) is 8.85. The van der Waals surface area contributed by atoms with E-state index in [0.717, 1.165) is 24.2 Å². The number of hydrogen-bond acceptors (Lipinski definition) is 4. The molecule has 1 aliphatic heterocycles. The highest BCUT2D eigenvalue weighted by Crippen LogP contribution is 2.40. The predicted octanol–water partition coefficient (Wildman–Crippen LogP) is 4.38. The molecule has 1 saturated heterocycles. The summed E-state index contributed by atoms with van der Waals surface area (Å²) < 4.78 is 40.0. The quantitative estimate of drug-likeness (QED) is 0.669. The summed E-state index contributed by atoms with van der Waals surface area (Å²) in [4.78, 5) is 0.198. The Morgan fingerprint density at radius 2 is 2.04 bits per heavy atom. The van der Waals surface area contributed by atoms with Crippen LogP contribution in [0.5, 0.6) is 11.5 Å². The van der Waals surface area contributed by atoms with E-state index >= 15 is 0 Å². The summed E-state index contributed by atoms with van der Waals surface area (Å²) in [5.41, 5.74) is 0.943. The molecule has 0 N–H and O–H groups in total. The van der Waals surface area contributed by atoms with Gasteiger partial charge in [-0.25, -0.2) is 8.42 Å². The highest BCUT2D eigenvalue weighted by atomic mass is 79.9. The lowest BCUT2D eigenvalue weighted by Crippen LogP contribution is -2.31. The van der Waals surface area contributed by atoms with Crippen LogP contribution in [0.15, 0.2) is 51.8 Å². The van der Waals surface area contributed by atoms with Crippen molar-refractivity contribution < 1.29 is 17.9 Å².